The standard InChI is InChI=1S/C13H15NO3/c1-3-16-9-10(2)17-13(15)12-6-4-11(8-14)5-7-12/h4-7,10H,3,9H2,1-2H3/t10-/m1/s1. The lowest BCUT2D eigenvalue weighted by Crippen LogP contribution is -2.20. The number of hydrogen-bond acceptors (Lipinski definition) is 4. The largest absolute Gasteiger partial charge is 0.457 e. The fourth-order valence-electron chi connectivity index (χ4n) is 1.25. The average molecular weight is 233 g/mol. The second-order valence-corrected chi connectivity index (χ2v) is 3.56. The van der Waals surface area contributed by atoms with E-state index in [2.05, 4.69) is 0 Å². The molecule has 1 aromatic carbocycles. The van der Waals surface area contributed by atoms with Gasteiger partial charge in [0.05, 0.1) is 23.8 Å². The molecule has 0 heterocycles. The quantitative estimate of drug-likeness (QED) is 0.731. The Labute approximate surface area is 101 Å². The van der Waals surface area contributed by atoms with Crippen molar-refractivity contribution in [2.24, 2.45) is 0 Å². The monoisotopic (exact) mass is 233 g/mol. The van der Waals surface area contributed by atoms with E-state index >= 15 is 0 Å². The Bertz CT molecular complexity index is 406. The van der Waals surface area contributed by atoms with Gasteiger partial charge in [-0.3, -0.25) is 0 Å². The molecule has 0 N–H and O–H groups in total. The predicted octanol–water partition coefficient (Wildman–Crippen LogP) is 2.14. The molecule has 0 bridgehead atoms. The smallest absolute Gasteiger partial charge is 0.338 e. The van der Waals surface area contributed by atoms with Crippen LogP contribution in [-0.4, -0.2) is 25.3 Å². The van der Waals surface area contributed by atoms with E-state index < -0.39 is 5.97 Å². The number of rotatable bonds is 5. The van der Waals surface area contributed by atoms with Crippen molar-refractivity contribution in [2.45, 2.75) is 20.0 Å². The molecular weight excluding hydrogens is 218 g/mol. The summed E-state index contributed by atoms with van der Waals surface area (Å²) >= 11 is 0. The van der Waals surface area contributed by atoms with Crippen molar-refractivity contribution in [3.63, 3.8) is 0 Å². The van der Waals surface area contributed by atoms with E-state index in [-0.39, 0.29) is 6.10 Å². The molecule has 0 saturated heterocycles. The molecular formula is C13H15NO3. The molecule has 0 amide bonds. The molecule has 0 aliphatic rings. The summed E-state index contributed by atoms with van der Waals surface area (Å²) in [6.45, 7) is 4.64. The van der Waals surface area contributed by atoms with Gasteiger partial charge in [0, 0.05) is 6.61 Å². The fraction of sp³-hybridized carbons (Fsp3) is 0.385. The second-order valence-electron chi connectivity index (χ2n) is 3.56. The Morgan fingerprint density at radius 2 is 2.06 bits per heavy atom. The van der Waals surface area contributed by atoms with E-state index in [9.17, 15) is 4.79 Å². The van der Waals surface area contributed by atoms with Crippen LogP contribution in [0.5, 0.6) is 0 Å². The van der Waals surface area contributed by atoms with Gasteiger partial charge in [-0.25, -0.2) is 4.79 Å². The summed E-state index contributed by atoms with van der Waals surface area (Å²) in [4.78, 5) is 11.7. The molecule has 0 unspecified atom stereocenters. The third-order valence-electron chi connectivity index (χ3n) is 2.11. The Morgan fingerprint density at radius 3 is 2.59 bits per heavy atom. The van der Waals surface area contributed by atoms with Crippen molar-refractivity contribution in [3.8, 4) is 6.07 Å². The van der Waals surface area contributed by atoms with Gasteiger partial charge >= 0.3 is 5.97 Å². The maximum absolute atomic E-state index is 11.7. The van der Waals surface area contributed by atoms with Gasteiger partial charge < -0.3 is 9.47 Å². The number of carbonyl (C=O) groups excluding carboxylic acids is 1. The highest BCUT2D eigenvalue weighted by atomic mass is 16.6. The summed E-state index contributed by atoms with van der Waals surface area (Å²) in [5.41, 5.74) is 0.955. The third kappa shape index (κ3) is 4.25. The van der Waals surface area contributed by atoms with Crippen molar-refractivity contribution in [3.05, 3.63) is 35.4 Å². The van der Waals surface area contributed by atoms with E-state index in [0.29, 0.717) is 24.3 Å². The molecule has 0 fully saturated rings. The first-order chi connectivity index (χ1) is 8.17. The first-order valence-corrected chi connectivity index (χ1v) is 5.46. The predicted molar refractivity (Wildman–Crippen MR) is 62.5 cm³/mol. The molecule has 4 nitrogen and oxygen atoms in total. The van der Waals surface area contributed by atoms with Gasteiger partial charge in [-0.2, -0.15) is 5.26 Å². The van der Waals surface area contributed by atoms with Crippen LogP contribution in [0.3, 0.4) is 0 Å². The molecule has 1 rings (SSSR count). The second kappa shape index (κ2) is 6.66. The van der Waals surface area contributed by atoms with Crippen LogP contribution < -0.4 is 0 Å². The van der Waals surface area contributed by atoms with Gasteiger partial charge in [0.2, 0.25) is 0 Å². The molecule has 0 aromatic heterocycles. The molecule has 0 aliphatic heterocycles. The summed E-state index contributed by atoms with van der Waals surface area (Å²) in [6, 6.07) is 8.32. The van der Waals surface area contributed by atoms with Crippen LogP contribution in [-0.2, 0) is 9.47 Å². The normalized spacial score (nSPS) is 11.6. The first-order valence-electron chi connectivity index (χ1n) is 5.46. The number of nitriles is 1. The summed E-state index contributed by atoms with van der Waals surface area (Å²) in [6.07, 6.45) is -0.280. The first kappa shape index (κ1) is 13.2. The fourth-order valence-corrected chi connectivity index (χ4v) is 1.25. The van der Waals surface area contributed by atoms with Crippen LogP contribution in [0, 0.1) is 11.3 Å². The molecule has 0 radical (unpaired) electrons. The molecule has 1 aromatic rings. The highest BCUT2D eigenvalue weighted by Crippen LogP contribution is 2.06. The topological polar surface area (TPSA) is 59.3 Å². The molecule has 4 heteroatoms. The van der Waals surface area contributed by atoms with Crippen molar-refractivity contribution in [1.29, 1.82) is 5.26 Å². The summed E-state index contributed by atoms with van der Waals surface area (Å²) in [5, 5.41) is 8.63. The highest BCUT2D eigenvalue weighted by Gasteiger charge is 2.11. The number of esters is 1. The minimum atomic E-state index is -0.401. The van der Waals surface area contributed by atoms with Crippen molar-refractivity contribution < 1.29 is 14.3 Å². The van der Waals surface area contributed by atoms with Gasteiger partial charge in [-0.05, 0) is 38.1 Å². The highest BCUT2D eigenvalue weighted by molar-refractivity contribution is 5.89. The molecule has 17 heavy (non-hydrogen) atoms. The maximum Gasteiger partial charge on any atom is 0.338 e. The number of ether oxygens (including phenoxy) is 2. The van der Waals surface area contributed by atoms with Crippen LogP contribution in [0.4, 0.5) is 0 Å². The summed E-state index contributed by atoms with van der Waals surface area (Å²) < 4.78 is 10.3. The SMILES string of the molecule is CCOC[C@@H](C)OC(=O)c1ccc(C#N)cc1. The van der Waals surface area contributed by atoms with Crippen LogP contribution in [0.1, 0.15) is 29.8 Å². The average Bonchev–Trinajstić information content (AvgIpc) is 2.36. The van der Waals surface area contributed by atoms with Gasteiger partial charge in [-0.15, -0.1) is 0 Å². The maximum atomic E-state index is 11.7. The minimum absolute atomic E-state index is 0.280. The minimum Gasteiger partial charge on any atom is -0.457 e. The van der Waals surface area contributed by atoms with E-state index in [4.69, 9.17) is 14.7 Å². The zero-order valence-electron chi connectivity index (χ0n) is 9.97. The Kier molecular flexibility index (Phi) is 5.18. The van der Waals surface area contributed by atoms with E-state index in [1.54, 1.807) is 31.2 Å². The molecule has 90 valence electrons. The summed E-state index contributed by atoms with van der Waals surface area (Å²) in [7, 11) is 0. The van der Waals surface area contributed by atoms with E-state index in [0.717, 1.165) is 0 Å². The summed E-state index contributed by atoms with van der Waals surface area (Å²) in [5.74, 6) is -0.401. The zero-order valence-corrected chi connectivity index (χ0v) is 9.97. The number of hydrogen-bond donors (Lipinski definition) is 0. The van der Waals surface area contributed by atoms with Crippen molar-refractivity contribution >= 4 is 5.97 Å². The van der Waals surface area contributed by atoms with Crippen molar-refractivity contribution in [1.82, 2.24) is 0 Å². The Hall–Kier alpha value is -1.86. The zero-order chi connectivity index (χ0) is 12.7. The number of benzene rings is 1. The lowest BCUT2D eigenvalue weighted by atomic mass is 10.1. The van der Waals surface area contributed by atoms with Crippen LogP contribution in [0.15, 0.2) is 24.3 Å². The Morgan fingerprint density at radius 1 is 1.41 bits per heavy atom. The number of nitrogens with zero attached hydrogens (tertiary/aromatic N) is 1. The van der Waals surface area contributed by atoms with E-state index in [1.165, 1.54) is 0 Å². The lowest BCUT2D eigenvalue weighted by Gasteiger charge is -2.12. The lowest BCUT2D eigenvalue weighted by molar-refractivity contribution is 0.00440. The molecule has 0 saturated carbocycles. The molecule has 0 aliphatic carbocycles. The van der Waals surface area contributed by atoms with Crippen LogP contribution in [0.25, 0.3) is 0 Å². The molecule has 0 spiro atoms. The van der Waals surface area contributed by atoms with Gasteiger partial charge in [0.25, 0.3) is 0 Å². The van der Waals surface area contributed by atoms with Gasteiger partial charge in [-0.1, -0.05) is 0 Å². The van der Waals surface area contributed by atoms with E-state index in [1.807, 2.05) is 13.0 Å². The van der Waals surface area contributed by atoms with Crippen LogP contribution >= 0.6 is 0 Å². The number of carbonyl (C=O) groups is 1. The van der Waals surface area contributed by atoms with Crippen LogP contribution in [0.2, 0.25) is 0 Å². The van der Waals surface area contributed by atoms with Gasteiger partial charge in [0.15, 0.2) is 0 Å². The molecule has 1 atom stereocenters. The van der Waals surface area contributed by atoms with Gasteiger partial charge in [0.1, 0.15) is 6.10 Å². The Balaban J connectivity index is 2.54. The third-order valence-corrected chi connectivity index (χ3v) is 2.11. The van der Waals surface area contributed by atoms with Crippen molar-refractivity contribution in [2.75, 3.05) is 13.2 Å².